The van der Waals surface area contributed by atoms with E-state index in [4.69, 9.17) is 0 Å². The molecule has 0 bridgehead atoms. The van der Waals surface area contributed by atoms with E-state index in [1.165, 1.54) is 12.1 Å². The third kappa shape index (κ3) is 4.23. The molecule has 1 fully saturated rings. The minimum atomic E-state index is -0.413. The van der Waals surface area contributed by atoms with Gasteiger partial charge in [-0.15, -0.1) is 12.4 Å². The van der Waals surface area contributed by atoms with Crippen LogP contribution in [0.25, 0.3) is 0 Å². The van der Waals surface area contributed by atoms with Crippen molar-refractivity contribution in [1.82, 2.24) is 10.6 Å². The molecule has 2 N–H and O–H groups in total. The summed E-state index contributed by atoms with van der Waals surface area (Å²) in [4.78, 5) is 11.8. The fourth-order valence-corrected chi connectivity index (χ4v) is 2.40. The van der Waals surface area contributed by atoms with Crippen LogP contribution in [0, 0.1) is 5.82 Å². The van der Waals surface area contributed by atoms with Gasteiger partial charge in [0.05, 0.1) is 0 Å². The minimum absolute atomic E-state index is 0. The Kier molecular flexibility index (Phi) is 6.05. The normalized spacial score (nSPS) is 18.2. The number of hydrogen-bond acceptors (Lipinski definition) is 2. The van der Waals surface area contributed by atoms with E-state index in [0.29, 0.717) is 22.6 Å². The highest BCUT2D eigenvalue weighted by Gasteiger charge is 2.15. The van der Waals surface area contributed by atoms with E-state index < -0.39 is 5.82 Å². The molecule has 1 atom stereocenters. The highest BCUT2D eigenvalue weighted by molar-refractivity contribution is 9.10. The summed E-state index contributed by atoms with van der Waals surface area (Å²) < 4.78 is 13.7. The Labute approximate surface area is 120 Å². The molecule has 1 aromatic rings. The summed E-state index contributed by atoms with van der Waals surface area (Å²) in [5.41, 5.74) is 0.342. The Bertz CT molecular complexity index is 404. The molecule has 0 spiro atoms. The number of benzene rings is 1. The predicted octanol–water partition coefficient (Wildman–Crippen LogP) is 2.49. The van der Waals surface area contributed by atoms with Crippen molar-refractivity contribution >= 4 is 34.2 Å². The molecular weight excluding hydrogens is 322 g/mol. The molecule has 3 nitrogen and oxygen atoms in total. The molecule has 1 heterocycles. The van der Waals surface area contributed by atoms with Crippen molar-refractivity contribution in [2.75, 3.05) is 13.1 Å². The van der Waals surface area contributed by atoms with Gasteiger partial charge in [0.15, 0.2) is 0 Å². The van der Waals surface area contributed by atoms with E-state index in [0.717, 1.165) is 19.4 Å². The van der Waals surface area contributed by atoms with Gasteiger partial charge in [0.1, 0.15) is 5.82 Å². The number of rotatable bonds is 3. The first-order valence-electron chi connectivity index (χ1n) is 5.63. The first kappa shape index (κ1) is 15.4. The lowest BCUT2D eigenvalue weighted by molar-refractivity contribution is 0.0950. The van der Waals surface area contributed by atoms with Gasteiger partial charge in [0.2, 0.25) is 0 Å². The fraction of sp³-hybridized carbons (Fsp3) is 0.417. The molecule has 2 rings (SSSR count). The summed E-state index contributed by atoms with van der Waals surface area (Å²) in [6, 6.07) is 4.52. The van der Waals surface area contributed by atoms with E-state index in [1.54, 1.807) is 6.07 Å². The second kappa shape index (κ2) is 7.07. The van der Waals surface area contributed by atoms with E-state index >= 15 is 0 Å². The largest absolute Gasteiger partial charge is 0.350 e. The summed E-state index contributed by atoms with van der Waals surface area (Å²) >= 11 is 3.17. The van der Waals surface area contributed by atoms with Gasteiger partial charge in [-0.2, -0.15) is 0 Å². The maximum absolute atomic E-state index is 13.1. The predicted molar refractivity (Wildman–Crippen MR) is 74.7 cm³/mol. The first-order chi connectivity index (χ1) is 8.15. The van der Waals surface area contributed by atoms with E-state index in [-0.39, 0.29) is 18.3 Å². The summed E-state index contributed by atoms with van der Waals surface area (Å²) in [7, 11) is 0. The van der Waals surface area contributed by atoms with Crippen LogP contribution in [0.1, 0.15) is 23.2 Å². The Morgan fingerprint density at radius 1 is 1.50 bits per heavy atom. The van der Waals surface area contributed by atoms with Crippen molar-refractivity contribution in [1.29, 1.82) is 0 Å². The van der Waals surface area contributed by atoms with Gasteiger partial charge >= 0.3 is 0 Å². The molecule has 100 valence electrons. The van der Waals surface area contributed by atoms with E-state index in [2.05, 4.69) is 26.6 Å². The average molecular weight is 338 g/mol. The van der Waals surface area contributed by atoms with Crippen LogP contribution in [0.2, 0.25) is 0 Å². The minimum Gasteiger partial charge on any atom is -0.350 e. The lowest BCUT2D eigenvalue weighted by Gasteiger charge is -2.11. The summed E-state index contributed by atoms with van der Waals surface area (Å²) in [6.45, 7) is 1.60. The van der Waals surface area contributed by atoms with Gasteiger partial charge in [-0.3, -0.25) is 4.79 Å². The SMILES string of the molecule is Cl.O=C(NCC1CCCN1)c1cc(F)cc(Br)c1. The van der Waals surface area contributed by atoms with Gasteiger partial charge in [-0.1, -0.05) is 15.9 Å². The van der Waals surface area contributed by atoms with Crippen LogP contribution in [0.5, 0.6) is 0 Å². The van der Waals surface area contributed by atoms with Crippen LogP contribution in [0.4, 0.5) is 4.39 Å². The Morgan fingerprint density at radius 3 is 2.89 bits per heavy atom. The molecule has 0 radical (unpaired) electrons. The number of carbonyl (C=O) groups is 1. The fourth-order valence-electron chi connectivity index (χ4n) is 1.93. The summed E-state index contributed by atoms with van der Waals surface area (Å²) in [5.74, 6) is -0.651. The van der Waals surface area contributed by atoms with Crippen LogP contribution < -0.4 is 10.6 Å². The molecule has 1 unspecified atom stereocenters. The van der Waals surface area contributed by atoms with Gasteiger partial charge in [-0.05, 0) is 37.6 Å². The van der Waals surface area contributed by atoms with Crippen molar-refractivity contribution in [3.63, 3.8) is 0 Å². The van der Waals surface area contributed by atoms with Crippen molar-refractivity contribution < 1.29 is 9.18 Å². The average Bonchev–Trinajstić information content (AvgIpc) is 2.77. The number of amides is 1. The Morgan fingerprint density at radius 2 is 2.28 bits per heavy atom. The maximum Gasteiger partial charge on any atom is 0.251 e. The molecule has 1 aromatic carbocycles. The quantitative estimate of drug-likeness (QED) is 0.890. The zero-order valence-corrected chi connectivity index (χ0v) is 12.1. The second-order valence-electron chi connectivity index (χ2n) is 4.16. The lowest BCUT2D eigenvalue weighted by Crippen LogP contribution is -2.37. The number of nitrogens with one attached hydrogen (secondary N) is 2. The molecule has 1 aliphatic heterocycles. The summed E-state index contributed by atoms with van der Waals surface area (Å²) in [6.07, 6.45) is 2.22. The molecule has 1 amide bonds. The zero-order valence-electron chi connectivity index (χ0n) is 9.71. The highest BCUT2D eigenvalue weighted by Crippen LogP contribution is 2.14. The summed E-state index contributed by atoms with van der Waals surface area (Å²) in [5, 5.41) is 6.09. The van der Waals surface area contributed by atoms with Crippen LogP contribution >= 0.6 is 28.3 Å². The van der Waals surface area contributed by atoms with Gasteiger partial charge in [-0.25, -0.2) is 4.39 Å². The van der Waals surface area contributed by atoms with Gasteiger partial charge in [0, 0.05) is 22.6 Å². The van der Waals surface area contributed by atoms with Crippen molar-refractivity contribution in [3.05, 3.63) is 34.1 Å². The van der Waals surface area contributed by atoms with Gasteiger partial charge < -0.3 is 10.6 Å². The zero-order chi connectivity index (χ0) is 12.3. The molecular formula is C12H15BrClFN2O. The van der Waals surface area contributed by atoms with E-state index in [9.17, 15) is 9.18 Å². The second-order valence-corrected chi connectivity index (χ2v) is 5.08. The molecule has 0 aliphatic carbocycles. The molecule has 1 saturated heterocycles. The lowest BCUT2D eigenvalue weighted by atomic mass is 10.2. The first-order valence-corrected chi connectivity index (χ1v) is 6.42. The molecule has 0 saturated carbocycles. The molecule has 6 heteroatoms. The smallest absolute Gasteiger partial charge is 0.251 e. The molecule has 1 aliphatic rings. The van der Waals surface area contributed by atoms with Crippen LogP contribution in [-0.2, 0) is 0 Å². The van der Waals surface area contributed by atoms with Crippen LogP contribution in [0.15, 0.2) is 22.7 Å². The third-order valence-electron chi connectivity index (χ3n) is 2.80. The van der Waals surface area contributed by atoms with E-state index in [1.807, 2.05) is 0 Å². The highest BCUT2D eigenvalue weighted by atomic mass is 79.9. The number of carbonyl (C=O) groups excluding carboxylic acids is 1. The molecule has 18 heavy (non-hydrogen) atoms. The monoisotopic (exact) mass is 336 g/mol. The Balaban J connectivity index is 0.00000162. The van der Waals surface area contributed by atoms with Gasteiger partial charge in [0.25, 0.3) is 5.91 Å². The number of halogens is 3. The van der Waals surface area contributed by atoms with Crippen LogP contribution in [0.3, 0.4) is 0 Å². The van der Waals surface area contributed by atoms with Crippen LogP contribution in [-0.4, -0.2) is 25.0 Å². The maximum atomic E-state index is 13.1. The Hall–Kier alpha value is -0.650. The van der Waals surface area contributed by atoms with Crippen molar-refractivity contribution in [2.24, 2.45) is 0 Å². The van der Waals surface area contributed by atoms with Crippen molar-refractivity contribution in [3.8, 4) is 0 Å². The topological polar surface area (TPSA) is 41.1 Å². The standard InChI is InChI=1S/C12H14BrFN2O.ClH/c13-9-4-8(5-10(14)6-9)12(17)16-7-11-2-1-3-15-11;/h4-6,11,15H,1-3,7H2,(H,16,17);1H. The molecule has 0 aromatic heterocycles. The van der Waals surface area contributed by atoms with Crippen molar-refractivity contribution in [2.45, 2.75) is 18.9 Å². The third-order valence-corrected chi connectivity index (χ3v) is 3.25. The number of hydrogen-bond donors (Lipinski definition) is 2.